The van der Waals surface area contributed by atoms with E-state index in [1.807, 2.05) is 0 Å². The molecule has 0 radical (unpaired) electrons. The second-order valence-electron chi connectivity index (χ2n) is 3.69. The van der Waals surface area contributed by atoms with Crippen LogP contribution < -0.4 is 0 Å². The first-order valence-electron chi connectivity index (χ1n) is 5.45. The monoisotopic (exact) mass is 228 g/mol. The molecule has 0 aromatic heterocycles. The molecule has 1 aromatic rings. The zero-order valence-electron chi connectivity index (χ0n) is 9.27. The van der Waals surface area contributed by atoms with Gasteiger partial charge in [0, 0.05) is 5.56 Å². The molecule has 1 aromatic carbocycles. The van der Waals surface area contributed by atoms with E-state index < -0.39 is 11.9 Å². The number of hydrogen-bond donors (Lipinski definition) is 0. The number of rotatable bonds is 5. The van der Waals surface area contributed by atoms with Gasteiger partial charge in [0.15, 0.2) is 5.83 Å². The number of halogens is 3. The van der Waals surface area contributed by atoms with Crippen molar-refractivity contribution in [2.45, 2.75) is 32.6 Å². The highest BCUT2D eigenvalue weighted by molar-refractivity contribution is 5.62. The van der Waals surface area contributed by atoms with Crippen molar-refractivity contribution >= 4 is 5.83 Å². The lowest BCUT2D eigenvalue weighted by atomic mass is 10.0. The Kier molecular flexibility index (Phi) is 5.09. The van der Waals surface area contributed by atoms with Crippen molar-refractivity contribution in [3.05, 3.63) is 41.5 Å². The second kappa shape index (κ2) is 6.36. The minimum Gasteiger partial charge on any atom is -0.200 e. The zero-order valence-corrected chi connectivity index (χ0v) is 9.27. The van der Waals surface area contributed by atoms with Gasteiger partial charge in [-0.3, -0.25) is 0 Å². The van der Waals surface area contributed by atoms with Gasteiger partial charge < -0.3 is 0 Å². The molecule has 0 saturated heterocycles. The Bertz CT molecular complexity index is 365. The maximum atomic E-state index is 13.2. The molecule has 0 fully saturated rings. The predicted molar refractivity (Wildman–Crippen MR) is 59.9 cm³/mol. The molecule has 0 unspecified atom stereocenters. The topological polar surface area (TPSA) is 0 Å². The number of aryl methyl sites for hydroxylation is 1. The van der Waals surface area contributed by atoms with Crippen molar-refractivity contribution in [2.24, 2.45) is 0 Å². The third-order valence-electron chi connectivity index (χ3n) is 2.47. The van der Waals surface area contributed by atoms with E-state index in [0.29, 0.717) is 12.0 Å². The van der Waals surface area contributed by atoms with Gasteiger partial charge in [-0.15, -0.1) is 0 Å². The summed E-state index contributed by atoms with van der Waals surface area (Å²) in [5.74, 6) is -1.40. The highest BCUT2D eigenvalue weighted by atomic mass is 19.3. The Morgan fingerprint density at radius 3 is 2.38 bits per heavy atom. The van der Waals surface area contributed by atoms with E-state index in [9.17, 15) is 13.2 Å². The van der Waals surface area contributed by atoms with Crippen molar-refractivity contribution in [2.75, 3.05) is 0 Å². The minimum absolute atomic E-state index is 0.0265. The summed E-state index contributed by atoms with van der Waals surface area (Å²) in [6.07, 6.45) is 1.37. The average molecular weight is 228 g/mol. The number of benzene rings is 1. The van der Waals surface area contributed by atoms with Gasteiger partial charge >= 0.3 is 6.08 Å². The zero-order chi connectivity index (χ0) is 12.0. The Morgan fingerprint density at radius 1 is 1.06 bits per heavy atom. The van der Waals surface area contributed by atoms with Crippen LogP contribution in [0.4, 0.5) is 13.2 Å². The lowest BCUT2D eigenvalue weighted by Gasteiger charge is -2.06. The Labute approximate surface area is 93.8 Å². The van der Waals surface area contributed by atoms with Gasteiger partial charge in [-0.1, -0.05) is 44.0 Å². The van der Waals surface area contributed by atoms with Gasteiger partial charge in [0.25, 0.3) is 0 Å². The summed E-state index contributed by atoms with van der Waals surface area (Å²) in [6, 6.07) is 6.42. The third-order valence-corrected chi connectivity index (χ3v) is 2.47. The van der Waals surface area contributed by atoms with Crippen LogP contribution in [0.1, 0.15) is 37.3 Å². The fraction of sp³-hybridized carbons (Fsp3) is 0.385. The van der Waals surface area contributed by atoms with Gasteiger partial charge in [-0.05, 0) is 18.4 Å². The summed E-state index contributed by atoms with van der Waals surface area (Å²) in [4.78, 5) is 0. The third kappa shape index (κ3) is 3.40. The van der Waals surface area contributed by atoms with Crippen LogP contribution in [0.3, 0.4) is 0 Å². The number of unbranched alkanes of at least 4 members (excludes halogenated alkanes) is 2. The highest BCUT2D eigenvalue weighted by Gasteiger charge is 2.12. The number of hydrogen-bond acceptors (Lipinski definition) is 0. The van der Waals surface area contributed by atoms with Gasteiger partial charge in [-0.25, -0.2) is 4.39 Å². The van der Waals surface area contributed by atoms with Gasteiger partial charge in [0.05, 0.1) is 0 Å². The van der Waals surface area contributed by atoms with Gasteiger partial charge in [0.2, 0.25) is 0 Å². The molecule has 1 rings (SSSR count). The molecule has 0 atom stereocenters. The maximum absolute atomic E-state index is 13.2. The van der Waals surface area contributed by atoms with Crippen LogP contribution in [0.5, 0.6) is 0 Å². The van der Waals surface area contributed by atoms with E-state index in [1.165, 1.54) is 6.07 Å². The van der Waals surface area contributed by atoms with Crippen LogP contribution in [0.25, 0.3) is 5.83 Å². The Balaban J connectivity index is 2.88. The van der Waals surface area contributed by atoms with Crippen molar-refractivity contribution in [3.63, 3.8) is 0 Å². The molecule has 0 heterocycles. The first-order chi connectivity index (χ1) is 7.66. The Hall–Kier alpha value is -1.25. The molecule has 0 spiro atoms. The first kappa shape index (κ1) is 12.8. The highest BCUT2D eigenvalue weighted by Crippen LogP contribution is 2.26. The molecule has 0 aliphatic carbocycles. The lowest BCUT2D eigenvalue weighted by Crippen LogP contribution is -1.92. The fourth-order valence-corrected chi connectivity index (χ4v) is 1.62. The molecular weight excluding hydrogens is 213 g/mol. The van der Waals surface area contributed by atoms with Crippen molar-refractivity contribution in [1.29, 1.82) is 0 Å². The van der Waals surface area contributed by atoms with Crippen LogP contribution in [-0.2, 0) is 6.42 Å². The van der Waals surface area contributed by atoms with Crippen molar-refractivity contribution in [1.82, 2.24) is 0 Å². The predicted octanol–water partition coefficient (Wildman–Crippen LogP) is 4.95. The normalized spacial score (nSPS) is 10.2. The van der Waals surface area contributed by atoms with Crippen LogP contribution in [-0.4, -0.2) is 0 Å². The summed E-state index contributed by atoms with van der Waals surface area (Å²) in [5, 5.41) is 0. The molecule has 3 heteroatoms. The van der Waals surface area contributed by atoms with Gasteiger partial charge in [0.1, 0.15) is 0 Å². The van der Waals surface area contributed by atoms with E-state index in [-0.39, 0.29) is 5.56 Å². The molecule has 0 bridgehead atoms. The summed E-state index contributed by atoms with van der Waals surface area (Å²) >= 11 is 0. The largest absolute Gasteiger partial charge is 0.306 e. The molecule has 0 amide bonds. The average Bonchev–Trinajstić information content (AvgIpc) is 2.29. The van der Waals surface area contributed by atoms with E-state index in [4.69, 9.17) is 0 Å². The van der Waals surface area contributed by atoms with E-state index >= 15 is 0 Å². The van der Waals surface area contributed by atoms with Crippen LogP contribution in [0.2, 0.25) is 0 Å². The molecule has 0 saturated carbocycles. The van der Waals surface area contributed by atoms with Crippen LogP contribution in [0, 0.1) is 0 Å². The quantitative estimate of drug-likeness (QED) is 0.625. The van der Waals surface area contributed by atoms with E-state index in [2.05, 4.69) is 6.92 Å². The van der Waals surface area contributed by atoms with Crippen molar-refractivity contribution < 1.29 is 13.2 Å². The molecule has 88 valence electrons. The van der Waals surface area contributed by atoms with Gasteiger partial charge in [-0.2, -0.15) is 8.78 Å². The minimum atomic E-state index is -2.25. The summed E-state index contributed by atoms with van der Waals surface area (Å²) in [6.45, 7) is 2.06. The standard InChI is InChI=1S/C13H15F3/c1-2-3-4-7-10-8-5-6-9-11(10)12(14)13(15)16/h5-6,8-9H,2-4,7H2,1H3. The summed E-state index contributed by atoms with van der Waals surface area (Å²) in [5.41, 5.74) is 0.680. The Morgan fingerprint density at radius 2 is 1.75 bits per heavy atom. The molecule has 0 aliphatic heterocycles. The summed E-state index contributed by atoms with van der Waals surface area (Å²) < 4.78 is 37.5. The molecular formula is C13H15F3. The van der Waals surface area contributed by atoms with Crippen LogP contribution in [0.15, 0.2) is 30.3 Å². The molecule has 16 heavy (non-hydrogen) atoms. The fourth-order valence-electron chi connectivity index (χ4n) is 1.62. The van der Waals surface area contributed by atoms with E-state index in [0.717, 1.165) is 19.3 Å². The summed E-state index contributed by atoms with van der Waals surface area (Å²) in [7, 11) is 0. The lowest BCUT2D eigenvalue weighted by molar-refractivity contribution is 0.410. The molecule has 0 nitrogen and oxygen atoms in total. The molecule has 0 N–H and O–H groups in total. The smallest absolute Gasteiger partial charge is 0.200 e. The maximum Gasteiger partial charge on any atom is 0.306 e. The SMILES string of the molecule is CCCCCc1ccccc1C(F)=C(F)F. The van der Waals surface area contributed by atoms with Crippen LogP contribution >= 0.6 is 0 Å². The first-order valence-corrected chi connectivity index (χ1v) is 5.45. The molecule has 0 aliphatic rings. The van der Waals surface area contributed by atoms with Crippen molar-refractivity contribution in [3.8, 4) is 0 Å². The second-order valence-corrected chi connectivity index (χ2v) is 3.69. The van der Waals surface area contributed by atoms with E-state index in [1.54, 1.807) is 18.2 Å².